The number of amides is 2. The highest BCUT2D eigenvalue weighted by Crippen LogP contribution is 2.11. The zero-order valence-electron chi connectivity index (χ0n) is 13.1. The Labute approximate surface area is 129 Å². The fourth-order valence-electron chi connectivity index (χ4n) is 1.51. The Kier molecular flexibility index (Phi) is 5.91. The Hall–Kier alpha value is -2.57. The van der Waals surface area contributed by atoms with Crippen LogP contribution in [0.1, 0.15) is 31.1 Å². The van der Waals surface area contributed by atoms with Gasteiger partial charge in [0.05, 0.1) is 12.7 Å². The van der Waals surface area contributed by atoms with Crippen LogP contribution >= 0.6 is 0 Å². The molecule has 0 atom stereocenters. The summed E-state index contributed by atoms with van der Waals surface area (Å²) in [5, 5.41) is 4.91. The van der Waals surface area contributed by atoms with E-state index >= 15 is 0 Å². The van der Waals surface area contributed by atoms with Gasteiger partial charge in [0.2, 0.25) is 5.91 Å². The van der Waals surface area contributed by atoms with Crippen LogP contribution in [-0.4, -0.2) is 37.2 Å². The third kappa shape index (κ3) is 6.25. The van der Waals surface area contributed by atoms with E-state index < -0.39 is 23.6 Å². The first kappa shape index (κ1) is 17.5. The van der Waals surface area contributed by atoms with Crippen molar-refractivity contribution in [1.82, 2.24) is 5.32 Å². The van der Waals surface area contributed by atoms with Crippen molar-refractivity contribution in [2.45, 2.75) is 26.4 Å². The number of nitrogens with one attached hydrogen (secondary N) is 2. The Balaban J connectivity index is 2.52. The summed E-state index contributed by atoms with van der Waals surface area (Å²) in [5.74, 6) is -0.934. The summed E-state index contributed by atoms with van der Waals surface area (Å²) in [6.45, 7) is 4.94. The molecule has 1 aromatic rings. The Morgan fingerprint density at radius 1 is 1.18 bits per heavy atom. The van der Waals surface area contributed by atoms with E-state index in [0.29, 0.717) is 11.3 Å². The Morgan fingerprint density at radius 2 is 1.86 bits per heavy atom. The van der Waals surface area contributed by atoms with Gasteiger partial charge in [-0.15, -0.1) is 0 Å². The van der Waals surface area contributed by atoms with Gasteiger partial charge in [0.15, 0.2) is 0 Å². The van der Waals surface area contributed by atoms with E-state index in [-0.39, 0.29) is 6.54 Å². The average molecular weight is 308 g/mol. The number of benzene rings is 1. The standard InChI is InChI=1S/C15H20N2O5/c1-15(2,3)22-14(20)16-9-12(18)17-11-7-5-6-10(8-11)13(19)21-4/h5-8H,9H2,1-4H3,(H,16,20)(H,17,18). The number of carbonyl (C=O) groups is 3. The number of methoxy groups -OCH3 is 1. The predicted molar refractivity (Wildman–Crippen MR) is 80.6 cm³/mol. The summed E-state index contributed by atoms with van der Waals surface area (Å²) in [5.41, 5.74) is 0.120. The highest BCUT2D eigenvalue weighted by atomic mass is 16.6. The lowest BCUT2D eigenvalue weighted by Gasteiger charge is -2.19. The second-order valence-corrected chi connectivity index (χ2v) is 5.48. The van der Waals surface area contributed by atoms with Crippen molar-refractivity contribution in [3.8, 4) is 0 Å². The molecule has 0 spiro atoms. The normalized spacial score (nSPS) is 10.5. The number of esters is 1. The summed E-state index contributed by atoms with van der Waals surface area (Å²) in [6.07, 6.45) is -0.675. The zero-order valence-corrected chi connectivity index (χ0v) is 13.1. The van der Waals surface area contributed by atoms with Gasteiger partial charge in [-0.3, -0.25) is 4.79 Å². The van der Waals surface area contributed by atoms with Crippen LogP contribution in [0.2, 0.25) is 0 Å². The topological polar surface area (TPSA) is 93.7 Å². The zero-order chi connectivity index (χ0) is 16.8. The van der Waals surface area contributed by atoms with Gasteiger partial charge < -0.3 is 20.1 Å². The van der Waals surface area contributed by atoms with Crippen molar-refractivity contribution in [3.05, 3.63) is 29.8 Å². The number of hydrogen-bond donors (Lipinski definition) is 2. The molecule has 7 heteroatoms. The number of rotatable bonds is 4. The van der Waals surface area contributed by atoms with Crippen molar-refractivity contribution >= 4 is 23.7 Å². The van der Waals surface area contributed by atoms with Crippen molar-refractivity contribution in [1.29, 1.82) is 0 Å². The molecule has 0 aromatic heterocycles. The minimum atomic E-state index is -0.675. The molecule has 0 saturated carbocycles. The van der Waals surface area contributed by atoms with E-state index in [1.54, 1.807) is 39.0 Å². The third-order valence-electron chi connectivity index (χ3n) is 2.36. The van der Waals surface area contributed by atoms with Crippen LogP contribution in [0.25, 0.3) is 0 Å². The molecule has 0 fully saturated rings. The van der Waals surface area contributed by atoms with Gasteiger partial charge in [-0.25, -0.2) is 9.59 Å². The van der Waals surface area contributed by atoms with Gasteiger partial charge >= 0.3 is 12.1 Å². The maximum Gasteiger partial charge on any atom is 0.408 e. The second kappa shape index (κ2) is 7.44. The molecule has 2 amide bonds. The van der Waals surface area contributed by atoms with Crippen LogP contribution in [0.3, 0.4) is 0 Å². The molecule has 0 aliphatic heterocycles. The molecule has 22 heavy (non-hydrogen) atoms. The summed E-state index contributed by atoms with van der Waals surface area (Å²) in [7, 11) is 1.28. The van der Waals surface area contributed by atoms with E-state index in [4.69, 9.17) is 4.74 Å². The molecule has 0 aliphatic rings. The van der Waals surface area contributed by atoms with Crippen LogP contribution in [0.15, 0.2) is 24.3 Å². The van der Waals surface area contributed by atoms with Gasteiger partial charge in [0.1, 0.15) is 12.1 Å². The van der Waals surface area contributed by atoms with Crippen molar-refractivity contribution < 1.29 is 23.9 Å². The SMILES string of the molecule is COC(=O)c1cccc(NC(=O)CNC(=O)OC(C)(C)C)c1. The average Bonchev–Trinajstić information content (AvgIpc) is 2.43. The molecule has 120 valence electrons. The predicted octanol–water partition coefficient (Wildman–Crippen LogP) is 1.94. The molecule has 1 aromatic carbocycles. The van der Waals surface area contributed by atoms with Crippen molar-refractivity contribution in [3.63, 3.8) is 0 Å². The second-order valence-electron chi connectivity index (χ2n) is 5.48. The minimum Gasteiger partial charge on any atom is -0.465 e. The summed E-state index contributed by atoms with van der Waals surface area (Å²) < 4.78 is 9.61. The molecule has 0 heterocycles. The maximum absolute atomic E-state index is 11.7. The van der Waals surface area contributed by atoms with Crippen LogP contribution in [0.5, 0.6) is 0 Å². The van der Waals surface area contributed by atoms with Gasteiger partial charge in [-0.05, 0) is 39.0 Å². The number of anilines is 1. The molecular formula is C15H20N2O5. The third-order valence-corrected chi connectivity index (χ3v) is 2.36. The number of carbonyl (C=O) groups excluding carboxylic acids is 3. The molecule has 1 rings (SSSR count). The van der Waals surface area contributed by atoms with Gasteiger partial charge in [0.25, 0.3) is 0 Å². The quantitative estimate of drug-likeness (QED) is 0.829. The van der Waals surface area contributed by atoms with Crippen molar-refractivity contribution in [2.24, 2.45) is 0 Å². The smallest absolute Gasteiger partial charge is 0.408 e. The highest BCUT2D eigenvalue weighted by molar-refractivity contribution is 5.96. The van der Waals surface area contributed by atoms with Gasteiger partial charge in [0, 0.05) is 5.69 Å². The van der Waals surface area contributed by atoms with Crippen LogP contribution in [0, 0.1) is 0 Å². The summed E-state index contributed by atoms with van der Waals surface area (Å²) >= 11 is 0. The maximum atomic E-state index is 11.7. The van der Waals surface area contributed by atoms with E-state index in [9.17, 15) is 14.4 Å². The summed E-state index contributed by atoms with van der Waals surface area (Å²) in [6, 6.07) is 6.29. The van der Waals surface area contributed by atoms with Crippen LogP contribution in [0.4, 0.5) is 10.5 Å². The van der Waals surface area contributed by atoms with E-state index in [2.05, 4.69) is 15.4 Å². The lowest BCUT2D eigenvalue weighted by molar-refractivity contribution is -0.115. The Bertz CT molecular complexity index is 563. The molecule has 2 N–H and O–H groups in total. The van der Waals surface area contributed by atoms with Crippen LogP contribution < -0.4 is 10.6 Å². The largest absolute Gasteiger partial charge is 0.465 e. The monoisotopic (exact) mass is 308 g/mol. The van der Waals surface area contributed by atoms with Crippen LogP contribution in [-0.2, 0) is 14.3 Å². The fraction of sp³-hybridized carbons (Fsp3) is 0.400. The summed E-state index contributed by atoms with van der Waals surface area (Å²) in [4.78, 5) is 34.5. The highest BCUT2D eigenvalue weighted by Gasteiger charge is 2.16. The van der Waals surface area contributed by atoms with E-state index in [1.165, 1.54) is 13.2 Å². The number of hydrogen-bond acceptors (Lipinski definition) is 5. The van der Waals surface area contributed by atoms with Gasteiger partial charge in [-0.2, -0.15) is 0 Å². The van der Waals surface area contributed by atoms with E-state index in [0.717, 1.165) is 0 Å². The molecule has 0 saturated heterocycles. The molecule has 7 nitrogen and oxygen atoms in total. The first-order valence-electron chi connectivity index (χ1n) is 6.66. The number of ether oxygens (including phenoxy) is 2. The van der Waals surface area contributed by atoms with Crippen molar-refractivity contribution in [2.75, 3.05) is 19.0 Å². The first-order valence-corrected chi connectivity index (χ1v) is 6.66. The fourth-order valence-corrected chi connectivity index (χ4v) is 1.51. The molecule has 0 unspecified atom stereocenters. The molecular weight excluding hydrogens is 288 g/mol. The number of alkyl carbamates (subject to hydrolysis) is 1. The van der Waals surface area contributed by atoms with E-state index in [1.807, 2.05) is 0 Å². The lowest BCUT2D eigenvalue weighted by atomic mass is 10.2. The molecule has 0 bridgehead atoms. The minimum absolute atomic E-state index is 0.239. The van der Waals surface area contributed by atoms with Gasteiger partial charge in [-0.1, -0.05) is 6.07 Å². The first-order chi connectivity index (χ1) is 10.2. The lowest BCUT2D eigenvalue weighted by Crippen LogP contribution is -2.37. The molecule has 0 radical (unpaired) electrons. The Morgan fingerprint density at radius 3 is 2.45 bits per heavy atom. The molecule has 0 aliphatic carbocycles.